The van der Waals surface area contributed by atoms with Gasteiger partial charge in [0.25, 0.3) is 0 Å². The van der Waals surface area contributed by atoms with Crippen LogP contribution in [-0.2, 0) is 0 Å². The molecular formula is C15H24N4. The van der Waals surface area contributed by atoms with Gasteiger partial charge in [-0.1, -0.05) is 12.8 Å². The molecule has 3 rings (SSSR count). The van der Waals surface area contributed by atoms with Crippen molar-refractivity contribution in [2.45, 2.75) is 50.6 Å². The molecule has 1 aliphatic heterocycles. The Bertz CT molecular complexity index is 388. The third-order valence-electron chi connectivity index (χ3n) is 4.86. The first-order valence-corrected chi connectivity index (χ1v) is 7.62. The standard InChI is InChI=1S/C15H24N4/c16-10-15(13-7-8-17-11-18-13)19-9-3-6-14(19)12-4-1-2-5-12/h7-8,11-12,14-15H,1-6,9-10,16H2. The minimum Gasteiger partial charge on any atom is -0.329 e. The van der Waals surface area contributed by atoms with Gasteiger partial charge in [0.1, 0.15) is 6.33 Å². The van der Waals surface area contributed by atoms with Gasteiger partial charge in [-0.05, 0) is 44.2 Å². The van der Waals surface area contributed by atoms with Crippen molar-refractivity contribution in [1.29, 1.82) is 0 Å². The van der Waals surface area contributed by atoms with Crippen LogP contribution in [0.4, 0.5) is 0 Å². The number of nitrogens with two attached hydrogens (primary N) is 1. The van der Waals surface area contributed by atoms with Gasteiger partial charge in [0.2, 0.25) is 0 Å². The Morgan fingerprint density at radius 3 is 2.79 bits per heavy atom. The molecule has 2 heterocycles. The molecule has 0 aromatic carbocycles. The van der Waals surface area contributed by atoms with Crippen LogP contribution in [0.5, 0.6) is 0 Å². The molecule has 1 aromatic rings. The number of nitrogens with zero attached hydrogens (tertiary/aromatic N) is 3. The van der Waals surface area contributed by atoms with Crippen LogP contribution in [0.25, 0.3) is 0 Å². The zero-order valence-corrected chi connectivity index (χ0v) is 11.5. The Morgan fingerprint density at radius 1 is 1.26 bits per heavy atom. The fourth-order valence-electron chi connectivity index (χ4n) is 3.97. The van der Waals surface area contributed by atoms with E-state index in [0.717, 1.165) is 17.7 Å². The Balaban J connectivity index is 1.78. The van der Waals surface area contributed by atoms with Gasteiger partial charge < -0.3 is 5.73 Å². The highest BCUT2D eigenvalue weighted by atomic mass is 15.2. The normalized spacial score (nSPS) is 26.9. The lowest BCUT2D eigenvalue weighted by molar-refractivity contribution is 0.135. The molecule has 1 aliphatic carbocycles. The monoisotopic (exact) mass is 260 g/mol. The van der Waals surface area contributed by atoms with Crippen LogP contribution in [0.1, 0.15) is 50.3 Å². The van der Waals surface area contributed by atoms with E-state index < -0.39 is 0 Å². The molecule has 2 aliphatic rings. The van der Waals surface area contributed by atoms with E-state index in [1.54, 1.807) is 6.33 Å². The molecule has 2 fully saturated rings. The molecule has 0 spiro atoms. The highest BCUT2D eigenvalue weighted by Gasteiger charge is 2.37. The van der Waals surface area contributed by atoms with Crippen LogP contribution in [0, 0.1) is 5.92 Å². The van der Waals surface area contributed by atoms with Crippen LogP contribution >= 0.6 is 0 Å². The summed E-state index contributed by atoms with van der Waals surface area (Å²) >= 11 is 0. The first-order valence-electron chi connectivity index (χ1n) is 7.62. The number of hydrogen-bond acceptors (Lipinski definition) is 4. The summed E-state index contributed by atoms with van der Waals surface area (Å²) in [6, 6.07) is 3.02. The van der Waals surface area contributed by atoms with Crippen LogP contribution in [0.3, 0.4) is 0 Å². The van der Waals surface area contributed by atoms with E-state index in [9.17, 15) is 0 Å². The lowest BCUT2D eigenvalue weighted by Crippen LogP contribution is -2.41. The van der Waals surface area contributed by atoms with E-state index in [0.29, 0.717) is 6.54 Å². The van der Waals surface area contributed by atoms with E-state index in [1.807, 2.05) is 12.3 Å². The van der Waals surface area contributed by atoms with Crippen LogP contribution in [-0.4, -0.2) is 34.0 Å². The molecule has 0 bridgehead atoms. The third kappa shape index (κ3) is 2.65. The Morgan fingerprint density at radius 2 is 2.11 bits per heavy atom. The Kier molecular flexibility index (Phi) is 4.09. The summed E-state index contributed by atoms with van der Waals surface area (Å²) in [7, 11) is 0. The maximum absolute atomic E-state index is 6.04. The van der Waals surface area contributed by atoms with Crippen molar-refractivity contribution in [3.63, 3.8) is 0 Å². The van der Waals surface area contributed by atoms with Gasteiger partial charge in [-0.2, -0.15) is 0 Å². The molecule has 2 unspecified atom stereocenters. The molecule has 4 nitrogen and oxygen atoms in total. The maximum Gasteiger partial charge on any atom is 0.115 e. The summed E-state index contributed by atoms with van der Waals surface area (Å²) in [5, 5.41) is 0. The SMILES string of the molecule is NCC(c1ccncn1)N1CCCC1C1CCCC1. The number of likely N-dealkylation sites (tertiary alicyclic amines) is 1. The lowest BCUT2D eigenvalue weighted by Gasteiger charge is -2.35. The van der Waals surface area contributed by atoms with Crippen molar-refractivity contribution in [3.05, 3.63) is 24.3 Å². The number of aromatic nitrogens is 2. The van der Waals surface area contributed by atoms with Crippen LogP contribution in [0.2, 0.25) is 0 Å². The van der Waals surface area contributed by atoms with Crippen molar-refractivity contribution in [1.82, 2.24) is 14.9 Å². The molecule has 1 saturated carbocycles. The summed E-state index contributed by atoms with van der Waals surface area (Å²) in [4.78, 5) is 11.1. The molecule has 2 atom stereocenters. The molecule has 4 heteroatoms. The molecular weight excluding hydrogens is 236 g/mol. The van der Waals surface area contributed by atoms with E-state index >= 15 is 0 Å². The van der Waals surface area contributed by atoms with Gasteiger partial charge in [-0.3, -0.25) is 4.90 Å². The molecule has 19 heavy (non-hydrogen) atoms. The fraction of sp³-hybridized carbons (Fsp3) is 0.733. The second kappa shape index (κ2) is 5.97. The molecule has 1 saturated heterocycles. The summed E-state index contributed by atoms with van der Waals surface area (Å²) in [6.07, 6.45) is 11.7. The first-order chi connectivity index (χ1) is 9.40. The van der Waals surface area contributed by atoms with Crippen molar-refractivity contribution < 1.29 is 0 Å². The predicted octanol–water partition coefficient (Wildman–Crippen LogP) is 2.13. The average Bonchev–Trinajstić information content (AvgIpc) is 3.11. The van der Waals surface area contributed by atoms with Crippen molar-refractivity contribution >= 4 is 0 Å². The van der Waals surface area contributed by atoms with E-state index in [1.165, 1.54) is 45.1 Å². The molecule has 0 radical (unpaired) electrons. The predicted molar refractivity (Wildman–Crippen MR) is 75.5 cm³/mol. The number of rotatable bonds is 4. The van der Waals surface area contributed by atoms with Gasteiger partial charge in [0, 0.05) is 18.8 Å². The zero-order chi connectivity index (χ0) is 13.1. The van der Waals surface area contributed by atoms with Gasteiger partial charge in [0.15, 0.2) is 0 Å². The topological polar surface area (TPSA) is 55.0 Å². The summed E-state index contributed by atoms with van der Waals surface area (Å²) < 4.78 is 0. The average molecular weight is 260 g/mol. The summed E-state index contributed by atoms with van der Waals surface area (Å²) in [6.45, 7) is 1.83. The minimum atomic E-state index is 0.274. The largest absolute Gasteiger partial charge is 0.329 e. The van der Waals surface area contributed by atoms with E-state index in [2.05, 4.69) is 14.9 Å². The Labute approximate surface area is 115 Å². The highest BCUT2D eigenvalue weighted by Crippen LogP contribution is 2.38. The summed E-state index contributed by atoms with van der Waals surface area (Å²) in [5.41, 5.74) is 7.13. The van der Waals surface area contributed by atoms with Crippen LogP contribution < -0.4 is 5.73 Å². The van der Waals surface area contributed by atoms with Crippen molar-refractivity contribution in [3.8, 4) is 0 Å². The summed E-state index contributed by atoms with van der Waals surface area (Å²) in [5.74, 6) is 0.887. The molecule has 0 amide bonds. The molecule has 1 aromatic heterocycles. The van der Waals surface area contributed by atoms with Gasteiger partial charge in [-0.15, -0.1) is 0 Å². The van der Waals surface area contributed by atoms with E-state index in [-0.39, 0.29) is 6.04 Å². The zero-order valence-electron chi connectivity index (χ0n) is 11.5. The highest BCUT2D eigenvalue weighted by molar-refractivity contribution is 5.08. The molecule has 2 N–H and O–H groups in total. The second-order valence-corrected chi connectivity index (χ2v) is 5.88. The number of hydrogen-bond donors (Lipinski definition) is 1. The minimum absolute atomic E-state index is 0.274. The van der Waals surface area contributed by atoms with Gasteiger partial charge >= 0.3 is 0 Å². The van der Waals surface area contributed by atoms with Crippen LogP contribution in [0.15, 0.2) is 18.6 Å². The Hall–Kier alpha value is -1.00. The quantitative estimate of drug-likeness (QED) is 0.901. The van der Waals surface area contributed by atoms with E-state index in [4.69, 9.17) is 5.73 Å². The fourth-order valence-corrected chi connectivity index (χ4v) is 3.97. The van der Waals surface area contributed by atoms with Crippen molar-refractivity contribution in [2.75, 3.05) is 13.1 Å². The smallest absolute Gasteiger partial charge is 0.115 e. The lowest BCUT2D eigenvalue weighted by atomic mass is 9.94. The second-order valence-electron chi connectivity index (χ2n) is 5.88. The van der Waals surface area contributed by atoms with Gasteiger partial charge in [0.05, 0.1) is 11.7 Å². The molecule has 104 valence electrons. The third-order valence-corrected chi connectivity index (χ3v) is 4.86. The maximum atomic E-state index is 6.04. The first kappa shape index (κ1) is 13.0. The van der Waals surface area contributed by atoms with Crippen molar-refractivity contribution in [2.24, 2.45) is 11.7 Å². The van der Waals surface area contributed by atoms with Gasteiger partial charge in [-0.25, -0.2) is 9.97 Å².